The van der Waals surface area contributed by atoms with Crippen LogP contribution in [0.4, 0.5) is 5.69 Å². The van der Waals surface area contributed by atoms with Crippen molar-refractivity contribution in [1.82, 2.24) is 10.3 Å². The van der Waals surface area contributed by atoms with Gasteiger partial charge in [0.15, 0.2) is 0 Å². The van der Waals surface area contributed by atoms with Crippen molar-refractivity contribution in [2.24, 2.45) is 0 Å². The summed E-state index contributed by atoms with van der Waals surface area (Å²) < 4.78 is 0. The first kappa shape index (κ1) is 15.0. The maximum atomic E-state index is 4.79. The number of rotatable bonds is 6. The summed E-state index contributed by atoms with van der Waals surface area (Å²) in [6.45, 7) is 6.22. The van der Waals surface area contributed by atoms with Crippen molar-refractivity contribution >= 4 is 17.0 Å². The number of nitrogens with zero attached hydrogens (tertiary/aromatic N) is 2. The maximum absolute atomic E-state index is 4.79. The fourth-order valence-corrected chi connectivity index (χ4v) is 3.19. The number of nitrogens with one attached hydrogen (secondary N) is 1. The zero-order valence-electron chi connectivity index (χ0n) is 12.7. The standard InChI is InChI=1S/C16H23N3S/c1-5-14-15(11-17-6-2)20-16(18-14)12-7-9-13(10-8-12)19(3)4/h7-10,17H,5-6,11H2,1-4H3. The number of thiazole rings is 1. The largest absolute Gasteiger partial charge is 0.378 e. The number of anilines is 1. The van der Waals surface area contributed by atoms with Crippen molar-refractivity contribution in [3.05, 3.63) is 34.8 Å². The molecule has 0 aliphatic rings. The molecule has 20 heavy (non-hydrogen) atoms. The summed E-state index contributed by atoms with van der Waals surface area (Å²) in [6.07, 6.45) is 0.993. The van der Waals surface area contributed by atoms with E-state index in [1.54, 1.807) is 11.3 Å². The summed E-state index contributed by atoms with van der Waals surface area (Å²) in [6, 6.07) is 8.61. The van der Waals surface area contributed by atoms with E-state index in [-0.39, 0.29) is 0 Å². The molecule has 0 radical (unpaired) electrons. The van der Waals surface area contributed by atoms with Gasteiger partial charge in [-0.3, -0.25) is 0 Å². The Morgan fingerprint density at radius 2 is 1.85 bits per heavy atom. The SMILES string of the molecule is CCNCc1sc(-c2ccc(N(C)C)cc2)nc1CC. The topological polar surface area (TPSA) is 28.2 Å². The lowest BCUT2D eigenvalue weighted by Crippen LogP contribution is -2.11. The number of hydrogen-bond acceptors (Lipinski definition) is 4. The van der Waals surface area contributed by atoms with E-state index in [9.17, 15) is 0 Å². The van der Waals surface area contributed by atoms with Crippen LogP contribution in [0.3, 0.4) is 0 Å². The molecule has 2 aromatic rings. The average molecular weight is 289 g/mol. The Morgan fingerprint density at radius 1 is 1.15 bits per heavy atom. The van der Waals surface area contributed by atoms with Gasteiger partial charge in [0.1, 0.15) is 5.01 Å². The highest BCUT2D eigenvalue weighted by Gasteiger charge is 2.11. The molecule has 0 bridgehead atoms. The smallest absolute Gasteiger partial charge is 0.123 e. The van der Waals surface area contributed by atoms with Crippen LogP contribution < -0.4 is 10.2 Å². The molecule has 4 heteroatoms. The van der Waals surface area contributed by atoms with Crippen molar-refractivity contribution in [1.29, 1.82) is 0 Å². The van der Waals surface area contributed by atoms with E-state index >= 15 is 0 Å². The summed E-state index contributed by atoms with van der Waals surface area (Å²) in [5.41, 5.74) is 3.65. The molecule has 0 aliphatic carbocycles. The normalized spacial score (nSPS) is 10.8. The molecule has 0 atom stereocenters. The van der Waals surface area contributed by atoms with Gasteiger partial charge in [0.05, 0.1) is 5.69 Å². The summed E-state index contributed by atoms with van der Waals surface area (Å²) in [4.78, 5) is 8.26. The number of aromatic nitrogens is 1. The van der Waals surface area contributed by atoms with E-state index in [0.717, 1.165) is 24.5 Å². The van der Waals surface area contributed by atoms with Crippen LogP contribution in [-0.4, -0.2) is 25.6 Å². The summed E-state index contributed by atoms with van der Waals surface area (Å²) >= 11 is 1.80. The van der Waals surface area contributed by atoms with Gasteiger partial charge in [-0.15, -0.1) is 11.3 Å². The van der Waals surface area contributed by atoms with Gasteiger partial charge < -0.3 is 10.2 Å². The first-order chi connectivity index (χ1) is 9.65. The molecule has 1 aromatic carbocycles. The Hall–Kier alpha value is -1.39. The molecule has 3 nitrogen and oxygen atoms in total. The average Bonchev–Trinajstić information content (AvgIpc) is 2.88. The van der Waals surface area contributed by atoms with Gasteiger partial charge in [0.25, 0.3) is 0 Å². The lowest BCUT2D eigenvalue weighted by atomic mass is 10.2. The second kappa shape index (κ2) is 6.86. The Bertz CT molecular complexity index is 543. The minimum absolute atomic E-state index is 0.924. The second-order valence-corrected chi connectivity index (χ2v) is 6.05. The molecule has 0 spiro atoms. The van der Waals surface area contributed by atoms with Crippen LogP contribution in [0.15, 0.2) is 24.3 Å². The van der Waals surface area contributed by atoms with Crippen LogP contribution in [-0.2, 0) is 13.0 Å². The van der Waals surface area contributed by atoms with Crippen LogP contribution in [0.2, 0.25) is 0 Å². The molecule has 0 amide bonds. The quantitative estimate of drug-likeness (QED) is 0.881. The van der Waals surface area contributed by atoms with E-state index in [1.165, 1.54) is 21.8 Å². The third-order valence-corrected chi connectivity index (χ3v) is 4.43. The molecule has 0 aliphatic heterocycles. The molecule has 1 N–H and O–H groups in total. The highest BCUT2D eigenvalue weighted by atomic mass is 32.1. The molecule has 0 saturated carbocycles. The Kier molecular flexibility index (Phi) is 5.15. The lowest BCUT2D eigenvalue weighted by Gasteiger charge is -2.11. The van der Waals surface area contributed by atoms with Crippen LogP contribution in [0.25, 0.3) is 10.6 Å². The monoisotopic (exact) mass is 289 g/mol. The minimum Gasteiger partial charge on any atom is -0.378 e. The van der Waals surface area contributed by atoms with Crippen molar-refractivity contribution in [2.75, 3.05) is 25.5 Å². The number of hydrogen-bond donors (Lipinski definition) is 1. The van der Waals surface area contributed by atoms with Crippen molar-refractivity contribution in [2.45, 2.75) is 26.8 Å². The fourth-order valence-electron chi connectivity index (χ4n) is 2.06. The van der Waals surface area contributed by atoms with Gasteiger partial charge in [-0.1, -0.05) is 13.8 Å². The fraction of sp³-hybridized carbons (Fsp3) is 0.438. The minimum atomic E-state index is 0.924. The van der Waals surface area contributed by atoms with Crippen LogP contribution >= 0.6 is 11.3 Å². The maximum Gasteiger partial charge on any atom is 0.123 e. The molecule has 0 saturated heterocycles. The first-order valence-corrected chi connectivity index (χ1v) is 7.94. The van der Waals surface area contributed by atoms with Gasteiger partial charge in [0, 0.05) is 36.8 Å². The highest BCUT2D eigenvalue weighted by molar-refractivity contribution is 7.15. The van der Waals surface area contributed by atoms with Crippen LogP contribution in [0.1, 0.15) is 24.4 Å². The molecular formula is C16H23N3S. The van der Waals surface area contributed by atoms with Gasteiger partial charge >= 0.3 is 0 Å². The lowest BCUT2D eigenvalue weighted by molar-refractivity contribution is 0.727. The van der Waals surface area contributed by atoms with E-state index in [4.69, 9.17) is 4.98 Å². The highest BCUT2D eigenvalue weighted by Crippen LogP contribution is 2.29. The molecule has 1 aromatic heterocycles. The zero-order valence-corrected chi connectivity index (χ0v) is 13.5. The van der Waals surface area contributed by atoms with Crippen molar-refractivity contribution in [3.8, 4) is 10.6 Å². The predicted molar refractivity (Wildman–Crippen MR) is 88.6 cm³/mol. The van der Waals surface area contributed by atoms with Crippen molar-refractivity contribution in [3.63, 3.8) is 0 Å². The molecule has 0 unspecified atom stereocenters. The molecular weight excluding hydrogens is 266 g/mol. The second-order valence-electron chi connectivity index (χ2n) is 4.96. The Labute approximate surface area is 125 Å². The number of aryl methyl sites for hydroxylation is 1. The molecule has 2 rings (SSSR count). The molecule has 1 heterocycles. The Morgan fingerprint density at radius 3 is 2.40 bits per heavy atom. The zero-order chi connectivity index (χ0) is 14.5. The van der Waals surface area contributed by atoms with E-state index in [0.29, 0.717) is 0 Å². The number of benzene rings is 1. The predicted octanol–water partition coefficient (Wildman–Crippen LogP) is 3.55. The molecule has 0 fully saturated rings. The van der Waals surface area contributed by atoms with Gasteiger partial charge in [0.2, 0.25) is 0 Å². The van der Waals surface area contributed by atoms with E-state index in [1.807, 2.05) is 0 Å². The first-order valence-electron chi connectivity index (χ1n) is 7.12. The van der Waals surface area contributed by atoms with Crippen molar-refractivity contribution < 1.29 is 0 Å². The molecule has 108 valence electrons. The summed E-state index contributed by atoms with van der Waals surface area (Å²) in [5, 5.41) is 4.52. The van der Waals surface area contributed by atoms with Gasteiger partial charge in [-0.2, -0.15) is 0 Å². The van der Waals surface area contributed by atoms with Gasteiger partial charge in [-0.25, -0.2) is 4.98 Å². The third kappa shape index (κ3) is 3.38. The Balaban J connectivity index is 2.25. The summed E-state index contributed by atoms with van der Waals surface area (Å²) in [7, 11) is 4.12. The van der Waals surface area contributed by atoms with E-state index < -0.39 is 0 Å². The van der Waals surface area contributed by atoms with Crippen LogP contribution in [0, 0.1) is 0 Å². The van der Waals surface area contributed by atoms with E-state index in [2.05, 4.69) is 62.4 Å². The van der Waals surface area contributed by atoms with Crippen LogP contribution in [0.5, 0.6) is 0 Å². The summed E-state index contributed by atoms with van der Waals surface area (Å²) in [5.74, 6) is 0. The van der Waals surface area contributed by atoms with Gasteiger partial charge in [-0.05, 0) is 37.2 Å². The third-order valence-electron chi connectivity index (χ3n) is 3.28.